The Kier molecular flexibility index (Phi) is 7.83. The third kappa shape index (κ3) is 5.24. The Morgan fingerprint density at radius 3 is 2.88 bits per heavy atom. The summed E-state index contributed by atoms with van der Waals surface area (Å²) < 4.78 is 5.48. The van der Waals surface area contributed by atoms with E-state index in [9.17, 15) is 0 Å². The van der Waals surface area contributed by atoms with Gasteiger partial charge >= 0.3 is 0 Å². The van der Waals surface area contributed by atoms with Gasteiger partial charge in [0.15, 0.2) is 5.96 Å². The summed E-state index contributed by atoms with van der Waals surface area (Å²) in [4.78, 5) is 8.01. The van der Waals surface area contributed by atoms with Crippen LogP contribution in [0.3, 0.4) is 0 Å². The summed E-state index contributed by atoms with van der Waals surface area (Å²) in [5.74, 6) is 1.79. The lowest BCUT2D eigenvalue weighted by Gasteiger charge is -2.22. The molecule has 2 N–H and O–H groups in total. The van der Waals surface area contributed by atoms with Gasteiger partial charge in [0, 0.05) is 31.1 Å². The molecule has 1 aromatic heterocycles. The number of thiophene rings is 1. The molecule has 3 rings (SSSR count). The van der Waals surface area contributed by atoms with E-state index >= 15 is 0 Å². The molecule has 0 spiro atoms. The second-order valence-corrected chi connectivity index (χ2v) is 6.79. The molecule has 0 amide bonds. The first kappa shape index (κ1) is 19.8. The van der Waals surface area contributed by atoms with Crippen LogP contribution in [0, 0.1) is 0 Å². The van der Waals surface area contributed by atoms with Crippen molar-refractivity contribution in [3.63, 3.8) is 0 Å². The molecule has 1 unspecified atom stereocenters. The van der Waals surface area contributed by atoms with Crippen molar-refractivity contribution < 1.29 is 4.74 Å². The maximum absolute atomic E-state index is 5.48. The van der Waals surface area contributed by atoms with Crippen molar-refractivity contribution in [2.75, 3.05) is 32.1 Å². The number of benzene rings is 1. The highest BCUT2D eigenvalue weighted by Crippen LogP contribution is 2.30. The first-order valence-electron chi connectivity index (χ1n) is 8.17. The smallest absolute Gasteiger partial charge is 0.191 e. The van der Waals surface area contributed by atoms with Gasteiger partial charge < -0.3 is 20.3 Å². The van der Waals surface area contributed by atoms with Gasteiger partial charge in [-0.3, -0.25) is 4.99 Å². The number of guanidine groups is 1. The molecule has 2 aromatic rings. The number of para-hydroxylation sites is 2. The third-order valence-corrected chi connectivity index (χ3v) is 5.07. The number of aliphatic imine (C=N–C) groups is 1. The van der Waals surface area contributed by atoms with Crippen LogP contribution in [-0.4, -0.2) is 39.2 Å². The molecule has 0 radical (unpaired) electrons. The predicted molar refractivity (Wildman–Crippen MR) is 117 cm³/mol. The van der Waals surface area contributed by atoms with E-state index in [0.717, 1.165) is 43.5 Å². The lowest BCUT2D eigenvalue weighted by atomic mass is 10.2. The first-order chi connectivity index (χ1) is 11.8. The van der Waals surface area contributed by atoms with E-state index in [1.165, 1.54) is 4.88 Å². The first-order valence-corrected chi connectivity index (χ1v) is 9.05. The van der Waals surface area contributed by atoms with Gasteiger partial charge in [-0.05, 0) is 30.0 Å². The van der Waals surface area contributed by atoms with Crippen molar-refractivity contribution in [3.8, 4) is 5.75 Å². The minimum Gasteiger partial charge on any atom is -0.495 e. The van der Waals surface area contributed by atoms with E-state index in [1.807, 2.05) is 19.2 Å². The van der Waals surface area contributed by atoms with Crippen LogP contribution in [0.1, 0.15) is 11.3 Å². The number of nitrogens with one attached hydrogen (secondary N) is 2. The Bertz CT molecular complexity index is 677. The number of rotatable bonds is 5. The molecule has 1 saturated heterocycles. The molecular weight excluding hydrogens is 447 g/mol. The highest BCUT2D eigenvalue weighted by molar-refractivity contribution is 14.0. The third-order valence-electron chi connectivity index (χ3n) is 4.19. The number of methoxy groups -OCH3 is 1. The highest BCUT2D eigenvalue weighted by atomic mass is 127. The number of halogens is 1. The summed E-state index contributed by atoms with van der Waals surface area (Å²) in [6.45, 7) is 2.76. The second kappa shape index (κ2) is 9.86. The summed E-state index contributed by atoms with van der Waals surface area (Å²) in [6.07, 6.45) is 1.08. The minimum absolute atomic E-state index is 0. The summed E-state index contributed by atoms with van der Waals surface area (Å²) in [5.41, 5.74) is 1.16. The molecule has 0 aliphatic carbocycles. The molecule has 5 nitrogen and oxygen atoms in total. The van der Waals surface area contributed by atoms with E-state index in [4.69, 9.17) is 4.74 Å². The predicted octanol–water partition coefficient (Wildman–Crippen LogP) is 3.32. The zero-order chi connectivity index (χ0) is 16.8. The number of anilines is 1. The van der Waals surface area contributed by atoms with Gasteiger partial charge in [0.2, 0.25) is 0 Å². The lowest BCUT2D eigenvalue weighted by molar-refractivity contribution is 0.415. The number of hydrogen-bond donors (Lipinski definition) is 2. The normalized spacial score (nSPS) is 17.1. The zero-order valence-corrected chi connectivity index (χ0v) is 17.7. The van der Waals surface area contributed by atoms with Crippen molar-refractivity contribution in [1.29, 1.82) is 0 Å². The van der Waals surface area contributed by atoms with Crippen molar-refractivity contribution in [3.05, 3.63) is 46.7 Å². The monoisotopic (exact) mass is 472 g/mol. The fraction of sp³-hybridized carbons (Fsp3) is 0.389. The van der Waals surface area contributed by atoms with Crippen molar-refractivity contribution in [2.45, 2.75) is 19.0 Å². The van der Waals surface area contributed by atoms with E-state index in [-0.39, 0.29) is 24.0 Å². The molecule has 136 valence electrons. The van der Waals surface area contributed by atoms with Gasteiger partial charge in [0.1, 0.15) is 5.75 Å². The van der Waals surface area contributed by atoms with Gasteiger partial charge in [0.05, 0.1) is 19.3 Å². The quantitative estimate of drug-likeness (QED) is 0.399. The standard InChI is InChI=1S/C18H24N4OS.HI/c1-19-18(20-12-15-6-5-11-24-15)21-14-9-10-22(13-14)16-7-3-4-8-17(16)23-2;/h3-8,11,14H,9-10,12-13H2,1-2H3,(H2,19,20,21);1H. The molecule has 1 atom stereocenters. The van der Waals surface area contributed by atoms with Gasteiger partial charge in [-0.1, -0.05) is 18.2 Å². The van der Waals surface area contributed by atoms with Crippen LogP contribution in [-0.2, 0) is 6.54 Å². The van der Waals surface area contributed by atoms with E-state index in [1.54, 1.807) is 18.4 Å². The van der Waals surface area contributed by atoms with Gasteiger partial charge in [-0.15, -0.1) is 35.3 Å². The fourth-order valence-corrected chi connectivity index (χ4v) is 3.60. The summed E-state index contributed by atoms with van der Waals surface area (Å²) >= 11 is 1.75. The average Bonchev–Trinajstić information content (AvgIpc) is 3.30. The van der Waals surface area contributed by atoms with Gasteiger partial charge in [-0.2, -0.15) is 0 Å². The Balaban J connectivity index is 0.00000225. The molecular formula is C18H25IN4OS. The van der Waals surface area contributed by atoms with Crippen LogP contribution < -0.4 is 20.3 Å². The SMILES string of the molecule is CN=C(NCc1cccs1)NC1CCN(c2ccccc2OC)C1.I. The summed E-state index contributed by atoms with van der Waals surface area (Å²) in [6, 6.07) is 12.8. The van der Waals surface area contributed by atoms with Crippen LogP contribution in [0.4, 0.5) is 5.69 Å². The van der Waals surface area contributed by atoms with Crippen LogP contribution >= 0.6 is 35.3 Å². The molecule has 7 heteroatoms. The van der Waals surface area contributed by atoms with Crippen LogP contribution in [0.15, 0.2) is 46.8 Å². The Morgan fingerprint density at radius 2 is 2.16 bits per heavy atom. The zero-order valence-electron chi connectivity index (χ0n) is 14.6. The Morgan fingerprint density at radius 1 is 1.32 bits per heavy atom. The average molecular weight is 472 g/mol. The molecule has 0 bridgehead atoms. The topological polar surface area (TPSA) is 48.9 Å². The highest BCUT2D eigenvalue weighted by Gasteiger charge is 2.25. The van der Waals surface area contributed by atoms with Crippen molar-refractivity contribution in [1.82, 2.24) is 10.6 Å². The van der Waals surface area contributed by atoms with Crippen LogP contribution in [0.25, 0.3) is 0 Å². The molecule has 0 saturated carbocycles. The molecule has 1 aromatic carbocycles. The van der Waals surface area contributed by atoms with Crippen LogP contribution in [0.2, 0.25) is 0 Å². The van der Waals surface area contributed by atoms with Gasteiger partial charge in [-0.25, -0.2) is 0 Å². The van der Waals surface area contributed by atoms with E-state index in [0.29, 0.717) is 6.04 Å². The molecule has 1 aliphatic rings. The molecule has 25 heavy (non-hydrogen) atoms. The Labute approximate surface area is 170 Å². The number of nitrogens with zero attached hydrogens (tertiary/aromatic N) is 2. The summed E-state index contributed by atoms with van der Waals surface area (Å²) in [5, 5.41) is 9.00. The number of ether oxygens (including phenoxy) is 1. The molecule has 1 aliphatic heterocycles. The lowest BCUT2D eigenvalue weighted by Crippen LogP contribution is -2.44. The number of hydrogen-bond acceptors (Lipinski definition) is 4. The molecule has 2 heterocycles. The van der Waals surface area contributed by atoms with Gasteiger partial charge in [0.25, 0.3) is 0 Å². The maximum Gasteiger partial charge on any atom is 0.191 e. The van der Waals surface area contributed by atoms with Crippen LogP contribution in [0.5, 0.6) is 5.75 Å². The Hall–Kier alpha value is -1.48. The van der Waals surface area contributed by atoms with E-state index in [2.05, 4.69) is 50.2 Å². The van der Waals surface area contributed by atoms with E-state index < -0.39 is 0 Å². The maximum atomic E-state index is 5.48. The summed E-state index contributed by atoms with van der Waals surface area (Å²) in [7, 11) is 3.54. The largest absolute Gasteiger partial charge is 0.495 e. The van der Waals surface area contributed by atoms with Crippen molar-refractivity contribution >= 4 is 47.0 Å². The minimum atomic E-state index is 0. The van der Waals surface area contributed by atoms with Crippen molar-refractivity contribution in [2.24, 2.45) is 4.99 Å². The second-order valence-electron chi connectivity index (χ2n) is 5.75. The fourth-order valence-electron chi connectivity index (χ4n) is 2.96. The molecule has 1 fully saturated rings.